The zero-order valence-electron chi connectivity index (χ0n) is 9.52. The van der Waals surface area contributed by atoms with Crippen molar-refractivity contribution in [2.45, 2.75) is 19.3 Å². The molecule has 1 aliphatic carbocycles. The number of rotatable bonds is 4. The molecule has 0 bridgehead atoms. The highest BCUT2D eigenvalue weighted by Gasteiger charge is 2.26. The van der Waals surface area contributed by atoms with Crippen molar-refractivity contribution < 1.29 is 14.3 Å². The molecule has 0 unspecified atom stereocenters. The Balaban J connectivity index is 1.72. The zero-order valence-corrected chi connectivity index (χ0v) is 9.52. The van der Waals surface area contributed by atoms with Crippen LogP contribution in [0.3, 0.4) is 0 Å². The Labute approximate surface area is 100.0 Å². The molecule has 0 aromatic heterocycles. The Bertz CT molecular complexity index is 398. The first-order valence-electron chi connectivity index (χ1n) is 5.77. The summed E-state index contributed by atoms with van der Waals surface area (Å²) in [5.41, 5.74) is 0.706. The second kappa shape index (κ2) is 5.48. The van der Waals surface area contributed by atoms with Gasteiger partial charge in [-0.15, -0.1) is 0 Å². The minimum absolute atomic E-state index is 0.0134. The van der Waals surface area contributed by atoms with Gasteiger partial charge < -0.3 is 10.1 Å². The Hall–Kier alpha value is -1.84. The quantitative estimate of drug-likeness (QED) is 0.809. The van der Waals surface area contributed by atoms with Crippen LogP contribution in [0.5, 0.6) is 0 Å². The lowest BCUT2D eigenvalue weighted by Gasteiger charge is -2.22. The van der Waals surface area contributed by atoms with E-state index in [1.807, 2.05) is 18.2 Å². The predicted octanol–water partition coefficient (Wildman–Crippen LogP) is 1.97. The Morgan fingerprint density at radius 1 is 1.24 bits per heavy atom. The molecule has 0 heterocycles. The van der Waals surface area contributed by atoms with Gasteiger partial charge in [-0.05, 0) is 25.0 Å². The van der Waals surface area contributed by atoms with Crippen molar-refractivity contribution in [2.24, 2.45) is 5.92 Å². The van der Waals surface area contributed by atoms with Crippen molar-refractivity contribution in [1.29, 1.82) is 0 Å². The lowest BCUT2D eigenvalue weighted by atomic mass is 9.86. The fourth-order valence-corrected chi connectivity index (χ4v) is 1.62. The molecule has 2 rings (SSSR count). The van der Waals surface area contributed by atoms with E-state index in [1.54, 1.807) is 12.1 Å². The summed E-state index contributed by atoms with van der Waals surface area (Å²) in [4.78, 5) is 22.8. The van der Waals surface area contributed by atoms with Gasteiger partial charge in [0.1, 0.15) is 0 Å². The zero-order chi connectivity index (χ0) is 12.1. The van der Waals surface area contributed by atoms with Gasteiger partial charge in [0, 0.05) is 5.69 Å². The van der Waals surface area contributed by atoms with Crippen LogP contribution < -0.4 is 5.32 Å². The van der Waals surface area contributed by atoms with Gasteiger partial charge in [-0.25, -0.2) is 0 Å². The average molecular weight is 233 g/mol. The first-order valence-corrected chi connectivity index (χ1v) is 5.77. The number of nitrogens with one attached hydrogen (secondary N) is 1. The summed E-state index contributed by atoms with van der Waals surface area (Å²) in [7, 11) is 0. The summed E-state index contributed by atoms with van der Waals surface area (Å²) < 4.78 is 4.93. The highest BCUT2D eigenvalue weighted by atomic mass is 16.5. The van der Waals surface area contributed by atoms with Gasteiger partial charge in [0.05, 0.1) is 5.92 Å². The van der Waals surface area contributed by atoms with Crippen molar-refractivity contribution in [3.05, 3.63) is 30.3 Å². The third kappa shape index (κ3) is 3.31. The van der Waals surface area contributed by atoms with Gasteiger partial charge in [-0.1, -0.05) is 24.6 Å². The fraction of sp³-hybridized carbons (Fsp3) is 0.385. The number of hydrogen-bond donors (Lipinski definition) is 1. The molecule has 0 saturated heterocycles. The molecule has 1 aromatic carbocycles. The van der Waals surface area contributed by atoms with Crippen LogP contribution in [-0.4, -0.2) is 18.5 Å². The van der Waals surface area contributed by atoms with Crippen LogP contribution in [0.2, 0.25) is 0 Å². The summed E-state index contributed by atoms with van der Waals surface area (Å²) in [6.07, 6.45) is 2.86. The Kier molecular flexibility index (Phi) is 3.75. The van der Waals surface area contributed by atoms with E-state index in [0.717, 1.165) is 19.3 Å². The van der Waals surface area contributed by atoms with Crippen molar-refractivity contribution >= 4 is 17.6 Å². The van der Waals surface area contributed by atoms with Crippen LogP contribution in [0, 0.1) is 5.92 Å². The van der Waals surface area contributed by atoms with E-state index in [2.05, 4.69) is 5.32 Å². The highest BCUT2D eigenvalue weighted by Crippen LogP contribution is 2.27. The molecule has 0 atom stereocenters. The van der Waals surface area contributed by atoms with Crippen LogP contribution in [0.25, 0.3) is 0 Å². The minimum Gasteiger partial charge on any atom is -0.455 e. The molecule has 4 nitrogen and oxygen atoms in total. The number of hydrogen-bond acceptors (Lipinski definition) is 3. The summed E-state index contributed by atoms with van der Waals surface area (Å²) in [5.74, 6) is -0.539. The van der Waals surface area contributed by atoms with Gasteiger partial charge >= 0.3 is 5.97 Å². The number of carbonyl (C=O) groups excluding carboxylic acids is 2. The molecule has 1 aromatic rings. The summed E-state index contributed by atoms with van der Waals surface area (Å²) in [6, 6.07) is 9.09. The SMILES string of the molecule is O=C(COC(=O)C1CCC1)Nc1ccccc1. The third-order valence-electron chi connectivity index (χ3n) is 2.84. The van der Waals surface area contributed by atoms with E-state index in [9.17, 15) is 9.59 Å². The summed E-state index contributed by atoms with van der Waals surface area (Å²) >= 11 is 0. The van der Waals surface area contributed by atoms with E-state index < -0.39 is 0 Å². The second-order valence-corrected chi connectivity index (χ2v) is 4.15. The van der Waals surface area contributed by atoms with Gasteiger partial charge in [0.25, 0.3) is 5.91 Å². The van der Waals surface area contributed by atoms with E-state index in [0.29, 0.717) is 5.69 Å². The topological polar surface area (TPSA) is 55.4 Å². The lowest BCUT2D eigenvalue weighted by Crippen LogP contribution is -2.28. The molecule has 1 saturated carbocycles. The first kappa shape index (κ1) is 11.6. The van der Waals surface area contributed by atoms with Crippen LogP contribution >= 0.6 is 0 Å². The first-order chi connectivity index (χ1) is 8.25. The van der Waals surface area contributed by atoms with E-state index in [4.69, 9.17) is 4.74 Å². The highest BCUT2D eigenvalue weighted by molar-refractivity contribution is 5.92. The van der Waals surface area contributed by atoms with Gasteiger partial charge in [0.15, 0.2) is 6.61 Å². The molecule has 1 aliphatic rings. The molecule has 4 heteroatoms. The maximum absolute atomic E-state index is 11.5. The molecule has 0 aliphatic heterocycles. The summed E-state index contributed by atoms with van der Waals surface area (Å²) in [6.45, 7) is -0.204. The monoisotopic (exact) mass is 233 g/mol. The van der Waals surface area contributed by atoms with Gasteiger partial charge in [-0.3, -0.25) is 9.59 Å². The number of ether oxygens (including phenoxy) is 1. The van der Waals surface area contributed by atoms with E-state index >= 15 is 0 Å². The number of amides is 1. The molecule has 0 spiro atoms. The number of anilines is 1. The smallest absolute Gasteiger partial charge is 0.309 e. The van der Waals surface area contributed by atoms with Crippen LogP contribution in [0.15, 0.2) is 30.3 Å². The molecule has 0 radical (unpaired) electrons. The summed E-state index contributed by atoms with van der Waals surface area (Å²) in [5, 5.41) is 2.66. The van der Waals surface area contributed by atoms with Crippen LogP contribution in [0.1, 0.15) is 19.3 Å². The lowest BCUT2D eigenvalue weighted by molar-refractivity contribution is -0.154. The van der Waals surface area contributed by atoms with Crippen LogP contribution in [0.4, 0.5) is 5.69 Å². The largest absolute Gasteiger partial charge is 0.455 e. The van der Waals surface area contributed by atoms with E-state index in [1.165, 1.54) is 0 Å². The molecule has 1 N–H and O–H groups in total. The van der Waals surface area contributed by atoms with Gasteiger partial charge in [0.2, 0.25) is 0 Å². The minimum atomic E-state index is -0.302. The third-order valence-corrected chi connectivity index (χ3v) is 2.84. The number of esters is 1. The van der Waals surface area contributed by atoms with Crippen molar-refractivity contribution in [3.8, 4) is 0 Å². The molecular weight excluding hydrogens is 218 g/mol. The molecule has 90 valence electrons. The van der Waals surface area contributed by atoms with E-state index in [-0.39, 0.29) is 24.4 Å². The second-order valence-electron chi connectivity index (χ2n) is 4.15. The predicted molar refractivity (Wildman–Crippen MR) is 63.4 cm³/mol. The molecule has 17 heavy (non-hydrogen) atoms. The van der Waals surface area contributed by atoms with Gasteiger partial charge in [-0.2, -0.15) is 0 Å². The fourth-order valence-electron chi connectivity index (χ4n) is 1.62. The number of benzene rings is 1. The Morgan fingerprint density at radius 2 is 1.94 bits per heavy atom. The maximum atomic E-state index is 11.5. The van der Waals surface area contributed by atoms with Crippen LogP contribution in [-0.2, 0) is 14.3 Å². The Morgan fingerprint density at radius 3 is 2.53 bits per heavy atom. The molecule has 1 fully saturated rings. The normalized spacial score (nSPS) is 14.8. The van der Waals surface area contributed by atoms with Crippen molar-refractivity contribution in [3.63, 3.8) is 0 Å². The number of para-hydroxylation sites is 1. The number of carbonyl (C=O) groups is 2. The van der Waals surface area contributed by atoms with Crippen molar-refractivity contribution in [1.82, 2.24) is 0 Å². The van der Waals surface area contributed by atoms with Crippen molar-refractivity contribution in [2.75, 3.05) is 11.9 Å². The molecule has 1 amide bonds. The average Bonchev–Trinajstić information content (AvgIpc) is 2.25. The standard InChI is InChI=1S/C13H15NO3/c15-12(14-11-7-2-1-3-8-11)9-17-13(16)10-5-4-6-10/h1-3,7-8,10H,4-6,9H2,(H,14,15). The molecular formula is C13H15NO3. The maximum Gasteiger partial charge on any atom is 0.309 e.